The van der Waals surface area contributed by atoms with Crippen molar-refractivity contribution in [3.8, 4) is 0 Å². The van der Waals surface area contributed by atoms with Crippen LogP contribution in [-0.2, 0) is 11.2 Å². The Morgan fingerprint density at radius 3 is 2.54 bits per heavy atom. The molecule has 0 radical (unpaired) electrons. The first-order chi connectivity index (χ1) is 11.6. The number of rotatable bonds is 7. The van der Waals surface area contributed by atoms with Crippen LogP contribution in [0.1, 0.15) is 32.1 Å². The maximum absolute atomic E-state index is 12.3. The zero-order valence-electron chi connectivity index (χ0n) is 13.8. The lowest BCUT2D eigenvalue weighted by molar-refractivity contribution is 0.0937. The largest absolute Gasteiger partial charge is 0.383 e. The van der Waals surface area contributed by atoms with E-state index in [0.29, 0.717) is 30.8 Å². The van der Waals surface area contributed by atoms with Gasteiger partial charge in [-0.25, -0.2) is 4.98 Å². The van der Waals surface area contributed by atoms with Crippen molar-refractivity contribution in [2.45, 2.75) is 6.42 Å². The Kier molecular flexibility index (Phi) is 6.45. The molecule has 0 fully saturated rings. The maximum Gasteiger partial charge on any atom is 0.269 e. The number of carbonyl (C=O) groups is 2. The minimum absolute atomic E-state index is 0.225. The van der Waals surface area contributed by atoms with Crippen LogP contribution in [0.3, 0.4) is 0 Å². The van der Waals surface area contributed by atoms with E-state index in [1.807, 2.05) is 30.3 Å². The fourth-order valence-corrected chi connectivity index (χ4v) is 2.23. The van der Waals surface area contributed by atoms with Crippen molar-refractivity contribution in [3.63, 3.8) is 0 Å². The van der Waals surface area contributed by atoms with Crippen molar-refractivity contribution in [2.24, 2.45) is 0 Å². The highest BCUT2D eigenvalue weighted by atomic mass is 16.5. The second kappa shape index (κ2) is 8.79. The van der Waals surface area contributed by atoms with Gasteiger partial charge in [-0.3, -0.25) is 9.59 Å². The summed E-state index contributed by atoms with van der Waals surface area (Å²) in [6.45, 7) is 0.830. The summed E-state index contributed by atoms with van der Waals surface area (Å²) in [5, 5.41) is 5.29. The molecular weight excluding hydrogens is 306 g/mol. The van der Waals surface area contributed by atoms with Crippen LogP contribution in [0.15, 0.2) is 42.5 Å². The molecular formula is C18H21N3O3. The van der Waals surface area contributed by atoms with Crippen LogP contribution in [0, 0.1) is 0 Å². The van der Waals surface area contributed by atoms with Gasteiger partial charge in [0, 0.05) is 38.4 Å². The molecule has 2 amide bonds. The molecule has 1 heterocycles. The molecule has 0 saturated carbocycles. The average molecular weight is 327 g/mol. The number of nitrogens with one attached hydrogen (secondary N) is 2. The summed E-state index contributed by atoms with van der Waals surface area (Å²) in [6.07, 6.45) is 0.546. The van der Waals surface area contributed by atoms with E-state index in [1.165, 1.54) is 13.1 Å². The van der Waals surface area contributed by atoms with E-state index in [0.717, 1.165) is 5.56 Å². The van der Waals surface area contributed by atoms with Crippen LogP contribution >= 0.6 is 0 Å². The summed E-state index contributed by atoms with van der Waals surface area (Å²) in [5.41, 5.74) is 2.36. The van der Waals surface area contributed by atoms with Crippen molar-refractivity contribution in [1.82, 2.24) is 15.6 Å². The highest BCUT2D eigenvalue weighted by molar-refractivity contribution is 5.98. The molecule has 0 aliphatic heterocycles. The maximum atomic E-state index is 12.3. The molecule has 6 nitrogen and oxygen atoms in total. The molecule has 0 spiro atoms. The third kappa shape index (κ3) is 4.89. The minimum Gasteiger partial charge on any atom is -0.383 e. The number of methoxy groups -OCH3 is 1. The van der Waals surface area contributed by atoms with Gasteiger partial charge in [-0.05, 0) is 17.7 Å². The Labute approximate surface area is 141 Å². The molecule has 6 heteroatoms. The van der Waals surface area contributed by atoms with Gasteiger partial charge in [0.15, 0.2) is 0 Å². The van der Waals surface area contributed by atoms with Crippen molar-refractivity contribution in [2.75, 3.05) is 27.3 Å². The lowest BCUT2D eigenvalue weighted by Crippen LogP contribution is -2.28. The van der Waals surface area contributed by atoms with E-state index >= 15 is 0 Å². The Morgan fingerprint density at radius 1 is 1.12 bits per heavy atom. The molecule has 2 N–H and O–H groups in total. The lowest BCUT2D eigenvalue weighted by Gasteiger charge is -2.09. The van der Waals surface area contributed by atoms with Crippen LogP contribution in [0.25, 0.3) is 0 Å². The van der Waals surface area contributed by atoms with Gasteiger partial charge in [0.2, 0.25) is 0 Å². The van der Waals surface area contributed by atoms with Crippen LogP contribution in [0.5, 0.6) is 0 Å². The van der Waals surface area contributed by atoms with Gasteiger partial charge in [-0.1, -0.05) is 30.3 Å². The summed E-state index contributed by atoms with van der Waals surface area (Å²) < 4.78 is 4.92. The predicted octanol–water partition coefficient (Wildman–Crippen LogP) is 1.41. The third-order valence-electron chi connectivity index (χ3n) is 3.42. The van der Waals surface area contributed by atoms with E-state index in [9.17, 15) is 9.59 Å². The molecule has 1 aromatic carbocycles. The SMILES string of the molecule is CNC(=O)c1cc(C(=O)NCCOC)cc(Cc2ccccc2)n1. The second-order valence-corrected chi connectivity index (χ2v) is 5.22. The number of hydrogen-bond donors (Lipinski definition) is 2. The van der Waals surface area contributed by atoms with Crippen molar-refractivity contribution in [1.29, 1.82) is 0 Å². The number of benzene rings is 1. The van der Waals surface area contributed by atoms with Gasteiger partial charge in [0.05, 0.1) is 6.61 Å². The number of ether oxygens (including phenoxy) is 1. The van der Waals surface area contributed by atoms with E-state index in [4.69, 9.17) is 4.74 Å². The van der Waals surface area contributed by atoms with Crippen LogP contribution in [0.4, 0.5) is 0 Å². The van der Waals surface area contributed by atoms with Gasteiger partial charge in [0.1, 0.15) is 5.69 Å². The first kappa shape index (κ1) is 17.6. The smallest absolute Gasteiger partial charge is 0.269 e. The Morgan fingerprint density at radius 2 is 1.88 bits per heavy atom. The van der Waals surface area contributed by atoms with E-state index in [1.54, 1.807) is 13.2 Å². The normalized spacial score (nSPS) is 10.2. The quantitative estimate of drug-likeness (QED) is 0.754. The number of pyridine rings is 1. The van der Waals surface area contributed by atoms with Gasteiger partial charge >= 0.3 is 0 Å². The highest BCUT2D eigenvalue weighted by Gasteiger charge is 2.14. The summed E-state index contributed by atoms with van der Waals surface area (Å²) >= 11 is 0. The molecule has 0 unspecified atom stereocenters. The summed E-state index contributed by atoms with van der Waals surface area (Å²) in [4.78, 5) is 28.6. The lowest BCUT2D eigenvalue weighted by atomic mass is 10.1. The number of nitrogens with zero attached hydrogens (tertiary/aromatic N) is 1. The first-order valence-electron chi connectivity index (χ1n) is 7.68. The number of carbonyl (C=O) groups excluding carboxylic acids is 2. The van der Waals surface area contributed by atoms with E-state index < -0.39 is 0 Å². The topological polar surface area (TPSA) is 80.3 Å². The average Bonchev–Trinajstić information content (AvgIpc) is 2.61. The molecule has 1 aromatic heterocycles. The third-order valence-corrected chi connectivity index (χ3v) is 3.42. The van der Waals surface area contributed by atoms with E-state index in [-0.39, 0.29) is 17.5 Å². The fraction of sp³-hybridized carbons (Fsp3) is 0.278. The zero-order chi connectivity index (χ0) is 17.4. The van der Waals surface area contributed by atoms with Gasteiger partial charge in [-0.2, -0.15) is 0 Å². The molecule has 2 aromatic rings. The van der Waals surface area contributed by atoms with E-state index in [2.05, 4.69) is 15.6 Å². The molecule has 2 rings (SSSR count). The van der Waals surface area contributed by atoms with Crippen LogP contribution < -0.4 is 10.6 Å². The summed E-state index contributed by atoms with van der Waals surface area (Å²) in [7, 11) is 3.10. The Bertz CT molecular complexity index is 702. The second-order valence-electron chi connectivity index (χ2n) is 5.22. The number of amides is 2. The minimum atomic E-state index is -0.323. The number of hydrogen-bond acceptors (Lipinski definition) is 4. The first-order valence-corrected chi connectivity index (χ1v) is 7.68. The molecule has 24 heavy (non-hydrogen) atoms. The summed E-state index contributed by atoms with van der Waals surface area (Å²) in [5.74, 6) is -0.579. The molecule has 0 aliphatic carbocycles. The predicted molar refractivity (Wildman–Crippen MR) is 91.1 cm³/mol. The Balaban J connectivity index is 2.27. The highest BCUT2D eigenvalue weighted by Crippen LogP contribution is 2.12. The molecule has 0 aliphatic rings. The fourth-order valence-electron chi connectivity index (χ4n) is 2.23. The molecule has 0 bridgehead atoms. The van der Waals surface area contributed by atoms with Crippen molar-refractivity contribution >= 4 is 11.8 Å². The standard InChI is InChI=1S/C18H21N3O3/c1-19-18(23)16-12-14(17(22)20-8-9-24-2)11-15(21-16)10-13-6-4-3-5-7-13/h3-7,11-12H,8-10H2,1-2H3,(H,19,23)(H,20,22). The van der Waals surface area contributed by atoms with Gasteiger partial charge in [-0.15, -0.1) is 0 Å². The Hall–Kier alpha value is -2.73. The zero-order valence-corrected chi connectivity index (χ0v) is 13.8. The molecule has 126 valence electrons. The van der Waals surface area contributed by atoms with Crippen LogP contribution in [-0.4, -0.2) is 44.1 Å². The monoisotopic (exact) mass is 327 g/mol. The van der Waals surface area contributed by atoms with Crippen LogP contribution in [0.2, 0.25) is 0 Å². The van der Waals surface area contributed by atoms with Crippen molar-refractivity contribution < 1.29 is 14.3 Å². The number of aromatic nitrogens is 1. The van der Waals surface area contributed by atoms with Gasteiger partial charge in [0.25, 0.3) is 11.8 Å². The van der Waals surface area contributed by atoms with Crippen molar-refractivity contribution in [3.05, 3.63) is 65.0 Å². The molecule has 0 atom stereocenters. The summed E-state index contributed by atoms with van der Waals surface area (Å²) in [6, 6.07) is 13.0. The van der Waals surface area contributed by atoms with Gasteiger partial charge < -0.3 is 15.4 Å². The molecule has 0 saturated heterocycles.